The van der Waals surface area contributed by atoms with Crippen LogP contribution in [0, 0.1) is 0 Å². The van der Waals surface area contributed by atoms with Crippen molar-refractivity contribution in [3.05, 3.63) is 58.5 Å². The molecule has 0 bridgehead atoms. The Morgan fingerprint density at radius 2 is 1.89 bits per heavy atom. The molecule has 0 saturated carbocycles. The highest BCUT2D eigenvalue weighted by molar-refractivity contribution is 6.03. The van der Waals surface area contributed by atoms with Gasteiger partial charge in [0.25, 0.3) is 11.5 Å². The lowest BCUT2D eigenvalue weighted by Gasteiger charge is -2.14. The lowest BCUT2D eigenvalue weighted by molar-refractivity contribution is -0.123. The summed E-state index contributed by atoms with van der Waals surface area (Å²) in [6, 6.07) is 11.5. The maximum absolute atomic E-state index is 12.5. The molecule has 2 N–H and O–H groups in total. The molecular formula is C19H15N3O6. The Morgan fingerprint density at radius 1 is 1.14 bits per heavy atom. The largest absolute Gasteiger partial charge is 0.454 e. The SMILES string of the molecule is C[C@@H](OC(=O)c1n[nH]c(=O)c2ccccc12)C(=O)Nc1ccc2c(c1)OCO2. The molecule has 28 heavy (non-hydrogen) atoms. The number of aromatic nitrogens is 2. The summed E-state index contributed by atoms with van der Waals surface area (Å²) in [5, 5.41) is 9.32. The van der Waals surface area contributed by atoms with Crippen molar-refractivity contribution in [1.29, 1.82) is 0 Å². The number of nitrogens with one attached hydrogen (secondary N) is 2. The van der Waals surface area contributed by atoms with Crippen LogP contribution in [0.3, 0.4) is 0 Å². The second-order valence-electron chi connectivity index (χ2n) is 6.05. The summed E-state index contributed by atoms with van der Waals surface area (Å²) < 4.78 is 15.7. The Kier molecular flexibility index (Phi) is 4.40. The first kappa shape index (κ1) is 17.5. The first-order valence-corrected chi connectivity index (χ1v) is 8.42. The number of hydrogen-bond acceptors (Lipinski definition) is 7. The van der Waals surface area contributed by atoms with Gasteiger partial charge in [-0.2, -0.15) is 5.10 Å². The van der Waals surface area contributed by atoms with Crippen LogP contribution >= 0.6 is 0 Å². The zero-order valence-corrected chi connectivity index (χ0v) is 14.7. The van der Waals surface area contributed by atoms with Gasteiger partial charge in [-0.05, 0) is 25.1 Å². The predicted octanol–water partition coefficient (Wildman–Crippen LogP) is 1.84. The van der Waals surface area contributed by atoms with Crippen molar-refractivity contribution < 1.29 is 23.8 Å². The van der Waals surface area contributed by atoms with E-state index in [-0.39, 0.29) is 12.5 Å². The van der Waals surface area contributed by atoms with Gasteiger partial charge in [0.2, 0.25) is 6.79 Å². The number of hydrogen-bond donors (Lipinski definition) is 2. The summed E-state index contributed by atoms with van der Waals surface area (Å²) in [5.41, 5.74) is -0.0107. The average molecular weight is 381 g/mol. The normalized spacial score (nSPS) is 13.2. The standard InChI is InChI=1S/C19H15N3O6/c1-10(17(23)20-11-6-7-14-15(8-11)27-9-26-14)28-19(25)16-12-4-2-3-5-13(12)18(24)22-21-16/h2-8,10H,9H2,1H3,(H,20,23)(H,22,24)/t10-/m1/s1. The Morgan fingerprint density at radius 3 is 2.71 bits per heavy atom. The molecule has 0 spiro atoms. The number of esters is 1. The Bertz CT molecular complexity index is 1140. The van der Waals surface area contributed by atoms with E-state index < -0.39 is 23.5 Å². The number of anilines is 1. The minimum absolute atomic E-state index is 0.0714. The molecule has 9 nitrogen and oxygen atoms in total. The van der Waals surface area contributed by atoms with E-state index in [0.29, 0.717) is 28.0 Å². The van der Waals surface area contributed by atoms with E-state index in [1.165, 1.54) is 6.92 Å². The molecule has 0 radical (unpaired) electrons. The molecule has 2 heterocycles. The molecule has 0 unspecified atom stereocenters. The lowest BCUT2D eigenvalue weighted by Crippen LogP contribution is -2.30. The van der Waals surface area contributed by atoms with Crippen molar-refractivity contribution in [3.8, 4) is 11.5 Å². The van der Waals surface area contributed by atoms with Gasteiger partial charge in [0.05, 0.1) is 5.39 Å². The Labute approximate surface area is 158 Å². The van der Waals surface area contributed by atoms with Gasteiger partial charge in [-0.25, -0.2) is 9.89 Å². The minimum atomic E-state index is -1.09. The summed E-state index contributed by atoms with van der Waals surface area (Å²) in [6.45, 7) is 1.56. The third-order valence-corrected chi connectivity index (χ3v) is 4.18. The molecule has 3 aromatic rings. The van der Waals surface area contributed by atoms with Gasteiger partial charge in [-0.3, -0.25) is 9.59 Å². The van der Waals surface area contributed by atoms with Gasteiger partial charge in [-0.15, -0.1) is 0 Å². The Balaban J connectivity index is 1.48. The fourth-order valence-corrected chi connectivity index (χ4v) is 2.76. The number of nitrogens with zero attached hydrogens (tertiary/aromatic N) is 1. The number of benzene rings is 2. The zero-order valence-electron chi connectivity index (χ0n) is 14.7. The number of rotatable bonds is 4. The summed E-state index contributed by atoms with van der Waals surface area (Å²) in [5.74, 6) is -0.235. The van der Waals surface area contributed by atoms with Crippen LogP contribution in [-0.2, 0) is 9.53 Å². The van der Waals surface area contributed by atoms with Gasteiger partial charge < -0.3 is 19.5 Å². The van der Waals surface area contributed by atoms with Crippen molar-refractivity contribution in [1.82, 2.24) is 10.2 Å². The topological polar surface area (TPSA) is 120 Å². The maximum atomic E-state index is 12.5. The Hall–Kier alpha value is -3.88. The third-order valence-electron chi connectivity index (χ3n) is 4.18. The molecule has 1 aromatic heterocycles. The van der Waals surface area contributed by atoms with Crippen molar-refractivity contribution in [3.63, 3.8) is 0 Å². The van der Waals surface area contributed by atoms with Crippen LogP contribution in [0.4, 0.5) is 5.69 Å². The summed E-state index contributed by atoms with van der Waals surface area (Å²) in [6.07, 6.45) is -1.09. The van der Waals surface area contributed by atoms with E-state index in [9.17, 15) is 14.4 Å². The van der Waals surface area contributed by atoms with Crippen molar-refractivity contribution in [2.75, 3.05) is 12.1 Å². The second-order valence-corrected chi connectivity index (χ2v) is 6.05. The van der Waals surface area contributed by atoms with E-state index in [1.54, 1.807) is 42.5 Å². The predicted molar refractivity (Wildman–Crippen MR) is 98.4 cm³/mol. The van der Waals surface area contributed by atoms with Crippen LogP contribution in [0.1, 0.15) is 17.4 Å². The van der Waals surface area contributed by atoms with E-state index >= 15 is 0 Å². The van der Waals surface area contributed by atoms with E-state index in [4.69, 9.17) is 14.2 Å². The van der Waals surface area contributed by atoms with Crippen LogP contribution in [0.15, 0.2) is 47.3 Å². The highest BCUT2D eigenvalue weighted by Crippen LogP contribution is 2.34. The molecule has 4 rings (SSSR count). The van der Waals surface area contributed by atoms with Crippen molar-refractivity contribution in [2.45, 2.75) is 13.0 Å². The van der Waals surface area contributed by atoms with Gasteiger partial charge in [-0.1, -0.05) is 18.2 Å². The van der Waals surface area contributed by atoms with Crippen LogP contribution in [0.25, 0.3) is 10.8 Å². The number of fused-ring (bicyclic) bond motifs is 2. The van der Waals surface area contributed by atoms with Crippen LogP contribution < -0.4 is 20.3 Å². The highest BCUT2D eigenvalue weighted by Gasteiger charge is 2.23. The molecule has 1 atom stereocenters. The first-order chi connectivity index (χ1) is 13.5. The fourth-order valence-electron chi connectivity index (χ4n) is 2.76. The van der Waals surface area contributed by atoms with Crippen LogP contribution in [0.5, 0.6) is 11.5 Å². The van der Waals surface area contributed by atoms with Gasteiger partial charge in [0.1, 0.15) is 0 Å². The number of ether oxygens (including phenoxy) is 3. The number of aromatic amines is 1. The maximum Gasteiger partial charge on any atom is 0.360 e. The van der Waals surface area contributed by atoms with E-state index in [2.05, 4.69) is 15.5 Å². The highest BCUT2D eigenvalue weighted by atomic mass is 16.7. The van der Waals surface area contributed by atoms with E-state index in [0.717, 1.165) is 0 Å². The van der Waals surface area contributed by atoms with Crippen LogP contribution in [-0.4, -0.2) is 35.0 Å². The summed E-state index contributed by atoms with van der Waals surface area (Å²) in [4.78, 5) is 36.6. The molecule has 0 fully saturated rings. The van der Waals surface area contributed by atoms with Crippen molar-refractivity contribution >= 4 is 28.3 Å². The number of carbonyl (C=O) groups is 2. The zero-order chi connectivity index (χ0) is 19.7. The van der Waals surface area contributed by atoms with Gasteiger partial charge >= 0.3 is 5.97 Å². The average Bonchev–Trinajstić information content (AvgIpc) is 3.16. The monoisotopic (exact) mass is 381 g/mol. The number of H-pyrrole nitrogens is 1. The van der Waals surface area contributed by atoms with Crippen molar-refractivity contribution in [2.24, 2.45) is 0 Å². The lowest BCUT2D eigenvalue weighted by atomic mass is 10.1. The first-order valence-electron chi connectivity index (χ1n) is 8.42. The molecule has 9 heteroatoms. The molecule has 142 valence electrons. The summed E-state index contributed by atoms with van der Waals surface area (Å²) in [7, 11) is 0. The molecular weight excluding hydrogens is 366 g/mol. The molecule has 1 aliphatic rings. The molecule has 0 aliphatic carbocycles. The molecule has 1 amide bonds. The molecule has 1 aliphatic heterocycles. The second kappa shape index (κ2) is 7.03. The smallest absolute Gasteiger partial charge is 0.360 e. The quantitative estimate of drug-likeness (QED) is 0.662. The van der Waals surface area contributed by atoms with E-state index in [1.807, 2.05) is 0 Å². The van der Waals surface area contributed by atoms with Gasteiger partial charge in [0.15, 0.2) is 23.3 Å². The van der Waals surface area contributed by atoms with Crippen LogP contribution in [0.2, 0.25) is 0 Å². The van der Waals surface area contributed by atoms with Gasteiger partial charge in [0, 0.05) is 17.1 Å². The molecule has 0 saturated heterocycles. The fraction of sp³-hybridized carbons (Fsp3) is 0.158. The minimum Gasteiger partial charge on any atom is -0.454 e. The number of carbonyl (C=O) groups excluding carboxylic acids is 2. The third kappa shape index (κ3) is 3.25. The summed E-state index contributed by atoms with van der Waals surface area (Å²) >= 11 is 0. The molecule has 2 aromatic carbocycles. The number of amides is 1.